The van der Waals surface area contributed by atoms with E-state index in [1.165, 1.54) is 37.8 Å². The van der Waals surface area contributed by atoms with Gasteiger partial charge in [-0.05, 0) is 36.2 Å². The predicted molar refractivity (Wildman–Crippen MR) is 157 cm³/mol. The number of nitrogens with one attached hydrogen (secondary N) is 2. The molecule has 39 heavy (non-hydrogen) atoms. The third kappa shape index (κ3) is 10.5. The van der Waals surface area contributed by atoms with Gasteiger partial charge in [0, 0.05) is 52.4 Å². The highest BCUT2D eigenvalue weighted by Gasteiger charge is 2.23. The first-order chi connectivity index (χ1) is 18.9. The van der Waals surface area contributed by atoms with Gasteiger partial charge in [0.15, 0.2) is 0 Å². The summed E-state index contributed by atoms with van der Waals surface area (Å²) in [7, 11) is 0. The molecule has 2 aromatic carbocycles. The minimum Gasteiger partial charge on any atom is -0.338 e. The lowest BCUT2D eigenvalue weighted by molar-refractivity contribution is 0.134. The zero-order valence-electron chi connectivity index (χ0n) is 22.7. The number of piperazine rings is 1. The fraction of sp³-hybridized carbons (Fsp3) is 0.517. The van der Waals surface area contributed by atoms with Gasteiger partial charge in [0.25, 0.3) is 0 Å². The topological polar surface area (TPSA) is 67.9 Å². The van der Waals surface area contributed by atoms with E-state index < -0.39 is 0 Å². The van der Waals surface area contributed by atoms with Crippen LogP contribution in [0.1, 0.15) is 51.0 Å². The van der Waals surface area contributed by atoms with Crippen molar-refractivity contribution < 1.29 is 14.0 Å². The van der Waals surface area contributed by atoms with Gasteiger partial charge in [0.2, 0.25) is 0 Å². The van der Waals surface area contributed by atoms with Crippen molar-refractivity contribution in [3.63, 3.8) is 0 Å². The SMILES string of the molecule is CCCCCCCCNC(=O)N(CCN1CCN(C(=O)Nc2cccc(Cl)c2Cl)CC1)Cc1ccc(F)cc1. The Labute approximate surface area is 241 Å². The minimum absolute atomic E-state index is 0.107. The summed E-state index contributed by atoms with van der Waals surface area (Å²) < 4.78 is 13.4. The monoisotopic (exact) mass is 579 g/mol. The second-order valence-electron chi connectivity index (χ2n) is 9.91. The molecule has 0 aromatic heterocycles. The van der Waals surface area contributed by atoms with E-state index in [9.17, 15) is 14.0 Å². The van der Waals surface area contributed by atoms with Gasteiger partial charge in [-0.2, -0.15) is 0 Å². The van der Waals surface area contributed by atoms with Crippen LogP contribution in [0.4, 0.5) is 19.7 Å². The molecule has 0 bridgehead atoms. The Balaban J connectivity index is 1.47. The Bertz CT molecular complexity index is 1050. The number of urea groups is 2. The average molecular weight is 581 g/mol. The Morgan fingerprint density at radius 2 is 1.64 bits per heavy atom. The molecule has 0 atom stereocenters. The summed E-state index contributed by atoms with van der Waals surface area (Å²) in [6.45, 7) is 6.98. The van der Waals surface area contributed by atoms with Gasteiger partial charge in [-0.3, -0.25) is 4.90 Å². The van der Waals surface area contributed by atoms with Gasteiger partial charge < -0.3 is 20.4 Å². The van der Waals surface area contributed by atoms with Crippen molar-refractivity contribution in [1.82, 2.24) is 20.0 Å². The van der Waals surface area contributed by atoms with E-state index >= 15 is 0 Å². The van der Waals surface area contributed by atoms with Crippen LogP contribution in [-0.4, -0.2) is 72.6 Å². The number of carbonyl (C=O) groups excluding carboxylic acids is 2. The largest absolute Gasteiger partial charge is 0.338 e. The second-order valence-corrected chi connectivity index (χ2v) is 10.7. The van der Waals surface area contributed by atoms with Gasteiger partial charge in [-0.15, -0.1) is 0 Å². The Hall–Kier alpha value is -2.55. The van der Waals surface area contributed by atoms with E-state index in [0.29, 0.717) is 68.1 Å². The number of unbranched alkanes of at least 4 members (excludes halogenated alkanes) is 5. The molecule has 214 valence electrons. The summed E-state index contributed by atoms with van der Waals surface area (Å²) in [5, 5.41) is 6.61. The lowest BCUT2D eigenvalue weighted by atomic mass is 10.1. The van der Waals surface area contributed by atoms with E-state index in [1.54, 1.807) is 40.1 Å². The Kier molecular flexibility index (Phi) is 13.1. The zero-order valence-corrected chi connectivity index (χ0v) is 24.2. The van der Waals surface area contributed by atoms with Crippen LogP contribution in [0, 0.1) is 5.82 Å². The number of hydrogen-bond donors (Lipinski definition) is 2. The van der Waals surface area contributed by atoms with Gasteiger partial charge >= 0.3 is 12.1 Å². The van der Waals surface area contributed by atoms with Crippen LogP contribution in [0.25, 0.3) is 0 Å². The maximum absolute atomic E-state index is 13.4. The van der Waals surface area contributed by atoms with Crippen molar-refractivity contribution in [3.05, 3.63) is 63.9 Å². The number of amides is 4. The molecule has 4 amide bonds. The highest BCUT2D eigenvalue weighted by molar-refractivity contribution is 6.43. The molecule has 0 radical (unpaired) electrons. The smallest absolute Gasteiger partial charge is 0.321 e. The second kappa shape index (κ2) is 16.5. The van der Waals surface area contributed by atoms with E-state index in [1.807, 2.05) is 0 Å². The van der Waals surface area contributed by atoms with E-state index in [4.69, 9.17) is 23.2 Å². The van der Waals surface area contributed by atoms with E-state index in [0.717, 1.165) is 18.4 Å². The molecule has 0 aliphatic carbocycles. The number of hydrogen-bond acceptors (Lipinski definition) is 3. The first-order valence-electron chi connectivity index (χ1n) is 13.9. The van der Waals surface area contributed by atoms with Crippen LogP contribution in [0.5, 0.6) is 0 Å². The van der Waals surface area contributed by atoms with Crippen LogP contribution in [0.2, 0.25) is 10.0 Å². The highest BCUT2D eigenvalue weighted by Crippen LogP contribution is 2.29. The number of anilines is 1. The van der Waals surface area contributed by atoms with Gasteiger partial charge in [0.05, 0.1) is 15.7 Å². The van der Waals surface area contributed by atoms with Crippen LogP contribution in [0.15, 0.2) is 42.5 Å². The van der Waals surface area contributed by atoms with Crippen LogP contribution >= 0.6 is 23.2 Å². The summed E-state index contributed by atoms with van der Waals surface area (Å²) >= 11 is 12.2. The van der Waals surface area contributed by atoms with Gasteiger partial charge in [-0.25, -0.2) is 14.0 Å². The molecular formula is C29H40Cl2FN5O2. The molecule has 0 spiro atoms. The third-order valence-electron chi connectivity index (χ3n) is 6.92. The number of halogens is 3. The highest BCUT2D eigenvalue weighted by atomic mass is 35.5. The molecular weight excluding hydrogens is 540 g/mol. The lowest BCUT2D eigenvalue weighted by Gasteiger charge is -2.36. The number of rotatable bonds is 13. The molecule has 0 saturated carbocycles. The maximum atomic E-state index is 13.4. The molecule has 2 N–H and O–H groups in total. The van der Waals surface area contributed by atoms with E-state index in [2.05, 4.69) is 22.5 Å². The fourth-order valence-electron chi connectivity index (χ4n) is 4.51. The minimum atomic E-state index is -0.294. The van der Waals surface area contributed by atoms with Crippen molar-refractivity contribution in [1.29, 1.82) is 0 Å². The van der Waals surface area contributed by atoms with Crippen molar-refractivity contribution in [2.24, 2.45) is 0 Å². The first-order valence-corrected chi connectivity index (χ1v) is 14.6. The number of nitrogens with zero attached hydrogens (tertiary/aromatic N) is 3. The molecule has 1 aliphatic rings. The molecule has 1 saturated heterocycles. The van der Waals surface area contributed by atoms with Crippen LogP contribution in [0.3, 0.4) is 0 Å². The standard InChI is InChI=1S/C29H40Cl2FN5O2/c1-2-3-4-5-6-7-15-33-28(38)37(22-23-11-13-24(32)14-12-23)21-18-35-16-19-36(20-17-35)29(39)34-26-10-8-9-25(30)27(26)31/h8-14H,2-7,15-22H2,1H3,(H,33,38)(H,34,39). The molecule has 0 unspecified atom stereocenters. The third-order valence-corrected chi connectivity index (χ3v) is 7.74. The molecule has 1 heterocycles. The quantitative estimate of drug-likeness (QED) is 0.255. The zero-order chi connectivity index (χ0) is 28.0. The molecule has 3 rings (SSSR count). The molecule has 7 nitrogen and oxygen atoms in total. The summed E-state index contributed by atoms with van der Waals surface area (Å²) in [5.41, 5.74) is 1.37. The fourth-order valence-corrected chi connectivity index (χ4v) is 4.85. The van der Waals surface area contributed by atoms with Crippen LogP contribution in [-0.2, 0) is 6.54 Å². The van der Waals surface area contributed by atoms with Crippen molar-refractivity contribution in [3.8, 4) is 0 Å². The molecule has 10 heteroatoms. The van der Waals surface area contributed by atoms with Gasteiger partial charge in [0.1, 0.15) is 5.82 Å². The summed E-state index contributed by atoms with van der Waals surface area (Å²) in [5.74, 6) is -0.294. The average Bonchev–Trinajstić information content (AvgIpc) is 2.94. The van der Waals surface area contributed by atoms with Crippen molar-refractivity contribution in [2.75, 3.05) is 51.1 Å². The summed E-state index contributed by atoms with van der Waals surface area (Å²) in [6.07, 6.45) is 6.98. The maximum Gasteiger partial charge on any atom is 0.321 e. The lowest BCUT2D eigenvalue weighted by Crippen LogP contribution is -2.52. The summed E-state index contributed by atoms with van der Waals surface area (Å²) in [4.78, 5) is 31.5. The number of benzene rings is 2. The van der Waals surface area contributed by atoms with E-state index in [-0.39, 0.29) is 17.9 Å². The predicted octanol–water partition coefficient (Wildman–Crippen LogP) is 6.85. The van der Waals surface area contributed by atoms with Crippen molar-refractivity contribution >= 4 is 41.0 Å². The Morgan fingerprint density at radius 3 is 2.36 bits per heavy atom. The molecule has 1 aliphatic heterocycles. The van der Waals surface area contributed by atoms with Gasteiger partial charge in [-0.1, -0.05) is 80.4 Å². The Morgan fingerprint density at radius 1 is 0.949 bits per heavy atom. The van der Waals surface area contributed by atoms with Crippen molar-refractivity contribution in [2.45, 2.75) is 52.0 Å². The molecule has 2 aromatic rings. The normalized spacial score (nSPS) is 13.8. The molecule has 1 fully saturated rings. The summed E-state index contributed by atoms with van der Waals surface area (Å²) in [6, 6.07) is 11.1. The first kappa shape index (κ1) is 31.0. The van der Waals surface area contributed by atoms with Crippen LogP contribution < -0.4 is 10.6 Å². The number of carbonyl (C=O) groups is 2.